The van der Waals surface area contributed by atoms with Crippen LogP contribution in [0.3, 0.4) is 0 Å². The monoisotopic (exact) mass is 454 g/mol. The topological polar surface area (TPSA) is 91.4 Å². The van der Waals surface area contributed by atoms with E-state index in [1.54, 1.807) is 54.7 Å². The van der Waals surface area contributed by atoms with E-state index in [9.17, 15) is 14.4 Å². The first-order chi connectivity index (χ1) is 14.8. The van der Waals surface area contributed by atoms with E-state index in [0.717, 1.165) is 21.2 Å². The summed E-state index contributed by atoms with van der Waals surface area (Å²) in [7, 11) is 0. The van der Waals surface area contributed by atoms with Crippen LogP contribution in [0.5, 0.6) is 0 Å². The molecular formula is C22H19ClN4O3S. The molecule has 3 aromatic rings. The van der Waals surface area contributed by atoms with Gasteiger partial charge in [0.15, 0.2) is 0 Å². The number of urea groups is 1. The fourth-order valence-corrected chi connectivity index (χ4v) is 4.16. The number of benzene rings is 2. The van der Waals surface area contributed by atoms with Gasteiger partial charge < -0.3 is 10.6 Å². The van der Waals surface area contributed by atoms with Crippen LogP contribution in [-0.4, -0.2) is 34.3 Å². The number of nitrogens with one attached hydrogen (secondary N) is 2. The van der Waals surface area contributed by atoms with Crippen molar-refractivity contribution in [1.82, 2.24) is 15.2 Å². The third-order valence-electron chi connectivity index (χ3n) is 5.06. The van der Waals surface area contributed by atoms with Gasteiger partial charge in [-0.2, -0.15) is 0 Å². The summed E-state index contributed by atoms with van der Waals surface area (Å²) in [6.45, 7) is 3.14. The lowest BCUT2D eigenvalue weighted by atomic mass is 9.92. The standard InChI is InChI=1S/C22H19ClN4O3S/c1-13-24-18(12-31-13)14-4-3-5-17(10-14)25-19(28)11-27-20(29)22(2,26-21(27)30)15-6-8-16(23)9-7-15/h3-10,12H,11H2,1-2H3,(H,25,28)(H,26,30). The van der Waals surface area contributed by atoms with Crippen molar-refractivity contribution in [2.24, 2.45) is 0 Å². The maximum Gasteiger partial charge on any atom is 0.325 e. The molecule has 9 heteroatoms. The number of nitrogens with zero attached hydrogens (tertiary/aromatic N) is 2. The molecule has 0 bridgehead atoms. The van der Waals surface area contributed by atoms with Gasteiger partial charge in [-0.15, -0.1) is 11.3 Å². The van der Waals surface area contributed by atoms with Crippen LogP contribution in [0.2, 0.25) is 5.02 Å². The van der Waals surface area contributed by atoms with Crippen LogP contribution in [0.25, 0.3) is 11.3 Å². The van der Waals surface area contributed by atoms with Crippen molar-refractivity contribution >= 4 is 46.5 Å². The number of aryl methyl sites for hydroxylation is 1. The van der Waals surface area contributed by atoms with E-state index in [4.69, 9.17) is 11.6 Å². The molecule has 0 spiro atoms. The third-order valence-corrected chi connectivity index (χ3v) is 6.08. The van der Waals surface area contributed by atoms with Gasteiger partial charge in [0.05, 0.1) is 10.7 Å². The molecule has 1 aromatic heterocycles. The zero-order chi connectivity index (χ0) is 22.2. The van der Waals surface area contributed by atoms with Gasteiger partial charge in [0.2, 0.25) is 5.91 Å². The Morgan fingerprint density at radius 1 is 1.23 bits per heavy atom. The summed E-state index contributed by atoms with van der Waals surface area (Å²) in [5, 5.41) is 8.84. The molecule has 0 aliphatic carbocycles. The van der Waals surface area contributed by atoms with Crippen molar-refractivity contribution in [3.05, 3.63) is 69.5 Å². The molecule has 2 heterocycles. The Morgan fingerprint density at radius 3 is 2.65 bits per heavy atom. The molecule has 158 valence electrons. The highest BCUT2D eigenvalue weighted by atomic mass is 35.5. The zero-order valence-electron chi connectivity index (χ0n) is 16.8. The molecule has 4 amide bonds. The second kappa shape index (κ2) is 8.13. The number of rotatable bonds is 5. The molecule has 0 saturated carbocycles. The van der Waals surface area contributed by atoms with Crippen LogP contribution in [0.4, 0.5) is 10.5 Å². The summed E-state index contributed by atoms with van der Waals surface area (Å²) in [6.07, 6.45) is 0. The minimum absolute atomic E-state index is 0.395. The van der Waals surface area contributed by atoms with E-state index in [1.165, 1.54) is 0 Å². The number of carbonyl (C=O) groups is 3. The molecular weight excluding hydrogens is 436 g/mol. The first kappa shape index (κ1) is 21.0. The highest BCUT2D eigenvalue weighted by Gasteiger charge is 2.49. The lowest BCUT2D eigenvalue weighted by Gasteiger charge is -2.22. The quantitative estimate of drug-likeness (QED) is 0.566. The number of carbonyl (C=O) groups excluding carboxylic acids is 3. The number of imide groups is 1. The van der Waals surface area contributed by atoms with Crippen molar-refractivity contribution < 1.29 is 14.4 Å². The predicted octanol–water partition coefficient (Wildman–Crippen LogP) is 4.18. The number of thiazole rings is 1. The Hall–Kier alpha value is -3.23. The molecule has 31 heavy (non-hydrogen) atoms. The summed E-state index contributed by atoms with van der Waals surface area (Å²) >= 11 is 7.46. The van der Waals surface area contributed by atoms with Gasteiger partial charge in [0.25, 0.3) is 5.91 Å². The summed E-state index contributed by atoms with van der Waals surface area (Å²) in [5.41, 5.74) is 1.58. The third kappa shape index (κ3) is 4.17. The molecule has 4 rings (SSSR count). The Bertz CT molecular complexity index is 1180. The first-order valence-electron chi connectivity index (χ1n) is 9.49. The average molecular weight is 455 g/mol. The van der Waals surface area contributed by atoms with Crippen LogP contribution in [0, 0.1) is 6.92 Å². The van der Waals surface area contributed by atoms with E-state index >= 15 is 0 Å². The SMILES string of the molecule is Cc1nc(-c2cccc(NC(=O)CN3C(=O)NC(C)(c4ccc(Cl)cc4)C3=O)c2)cs1. The van der Waals surface area contributed by atoms with Gasteiger partial charge >= 0.3 is 6.03 Å². The molecule has 1 saturated heterocycles. The molecule has 2 aromatic carbocycles. The van der Waals surface area contributed by atoms with E-state index < -0.39 is 29.9 Å². The maximum atomic E-state index is 13.0. The predicted molar refractivity (Wildman–Crippen MR) is 120 cm³/mol. The first-order valence-corrected chi connectivity index (χ1v) is 10.7. The number of hydrogen-bond acceptors (Lipinski definition) is 5. The second-order valence-electron chi connectivity index (χ2n) is 7.33. The van der Waals surface area contributed by atoms with Crippen LogP contribution < -0.4 is 10.6 Å². The largest absolute Gasteiger partial charge is 0.325 e. The molecule has 1 fully saturated rings. The van der Waals surface area contributed by atoms with E-state index in [0.29, 0.717) is 16.3 Å². The number of anilines is 1. The fraction of sp³-hybridized carbons (Fsp3) is 0.182. The Labute approximate surface area is 188 Å². The molecule has 1 unspecified atom stereocenters. The summed E-state index contributed by atoms with van der Waals surface area (Å²) in [5.74, 6) is -0.975. The minimum Gasteiger partial charge on any atom is -0.325 e. The molecule has 2 N–H and O–H groups in total. The fourth-order valence-electron chi connectivity index (χ4n) is 3.42. The average Bonchev–Trinajstić information content (AvgIpc) is 3.26. The van der Waals surface area contributed by atoms with Crippen LogP contribution in [0.15, 0.2) is 53.9 Å². The van der Waals surface area contributed by atoms with Gasteiger partial charge in [-0.25, -0.2) is 9.78 Å². The van der Waals surface area contributed by atoms with Gasteiger partial charge in [0.1, 0.15) is 12.1 Å². The lowest BCUT2D eigenvalue weighted by Crippen LogP contribution is -2.42. The van der Waals surface area contributed by atoms with E-state index in [-0.39, 0.29) is 0 Å². The summed E-state index contributed by atoms with van der Waals surface area (Å²) in [4.78, 5) is 43.4. The lowest BCUT2D eigenvalue weighted by molar-refractivity contribution is -0.133. The second-order valence-corrected chi connectivity index (χ2v) is 8.83. The molecule has 1 aliphatic heterocycles. The molecule has 7 nitrogen and oxygen atoms in total. The van der Waals surface area contributed by atoms with Crippen molar-refractivity contribution in [3.63, 3.8) is 0 Å². The van der Waals surface area contributed by atoms with Crippen molar-refractivity contribution in [2.45, 2.75) is 19.4 Å². The highest BCUT2D eigenvalue weighted by molar-refractivity contribution is 7.09. The normalized spacial score (nSPS) is 18.2. The van der Waals surface area contributed by atoms with Crippen molar-refractivity contribution in [3.8, 4) is 11.3 Å². The smallest absolute Gasteiger partial charge is 0.325 e. The Kier molecular flexibility index (Phi) is 5.51. The highest BCUT2D eigenvalue weighted by Crippen LogP contribution is 2.30. The summed E-state index contributed by atoms with van der Waals surface area (Å²) < 4.78 is 0. The molecule has 1 aliphatic rings. The van der Waals surface area contributed by atoms with Gasteiger partial charge in [-0.05, 0) is 43.7 Å². The van der Waals surface area contributed by atoms with Crippen LogP contribution in [-0.2, 0) is 15.1 Å². The van der Waals surface area contributed by atoms with E-state index in [2.05, 4.69) is 15.6 Å². The molecule has 1 atom stereocenters. The van der Waals surface area contributed by atoms with Crippen molar-refractivity contribution in [2.75, 3.05) is 11.9 Å². The van der Waals surface area contributed by atoms with Crippen LogP contribution in [0.1, 0.15) is 17.5 Å². The minimum atomic E-state index is -1.26. The maximum absolute atomic E-state index is 13.0. The van der Waals surface area contributed by atoms with Crippen molar-refractivity contribution in [1.29, 1.82) is 0 Å². The van der Waals surface area contributed by atoms with Gasteiger partial charge in [0, 0.05) is 21.7 Å². The molecule has 0 radical (unpaired) electrons. The number of hydrogen-bond donors (Lipinski definition) is 2. The number of aromatic nitrogens is 1. The Morgan fingerprint density at radius 2 is 1.97 bits per heavy atom. The number of halogens is 1. The summed E-state index contributed by atoms with van der Waals surface area (Å²) in [6, 6.07) is 13.3. The number of amides is 4. The van der Waals surface area contributed by atoms with Gasteiger partial charge in [-0.3, -0.25) is 14.5 Å². The Balaban J connectivity index is 1.47. The van der Waals surface area contributed by atoms with Crippen LogP contribution >= 0.6 is 22.9 Å². The van der Waals surface area contributed by atoms with Gasteiger partial charge in [-0.1, -0.05) is 35.9 Å². The van der Waals surface area contributed by atoms with E-state index in [1.807, 2.05) is 24.4 Å². The zero-order valence-corrected chi connectivity index (χ0v) is 18.4.